The molecular weight excluding hydrogens is 423 g/mol. The predicted octanol–water partition coefficient (Wildman–Crippen LogP) is 7.02. The summed E-state index contributed by atoms with van der Waals surface area (Å²) in [5.41, 5.74) is 0.914. The van der Waals surface area contributed by atoms with Gasteiger partial charge in [0.15, 0.2) is 0 Å². The lowest BCUT2D eigenvalue weighted by Gasteiger charge is -2.07. The van der Waals surface area contributed by atoms with Gasteiger partial charge in [-0.2, -0.15) is 0 Å². The first-order valence-electron chi connectivity index (χ1n) is 10.4. The lowest BCUT2D eigenvalue weighted by molar-refractivity contribution is 0.107. The number of unbranched alkanes of at least 4 members (excludes halogenated alkanes) is 7. The Bertz CT molecular complexity index is 740. The summed E-state index contributed by atoms with van der Waals surface area (Å²) in [6, 6.07) is 13.9. The first kappa shape index (κ1) is 24.2. The Kier molecular flexibility index (Phi) is 11.3. The summed E-state index contributed by atoms with van der Waals surface area (Å²) in [6.45, 7) is 1.29. The lowest BCUT2D eigenvalue weighted by Crippen LogP contribution is -1.99. The Labute approximate surface area is 188 Å². The number of rotatable bonds is 15. The molecule has 0 amide bonds. The molecule has 0 saturated heterocycles. The van der Waals surface area contributed by atoms with Crippen molar-refractivity contribution in [3.05, 3.63) is 59.7 Å². The van der Waals surface area contributed by atoms with Crippen molar-refractivity contribution in [3.63, 3.8) is 0 Å². The van der Waals surface area contributed by atoms with Crippen molar-refractivity contribution in [1.29, 1.82) is 0 Å². The largest absolute Gasteiger partial charge is 0.494 e. The minimum absolute atomic E-state index is 0.457. The zero-order valence-corrected chi connectivity index (χ0v) is 18.6. The second kappa shape index (κ2) is 14.1. The summed E-state index contributed by atoms with van der Waals surface area (Å²) < 4.78 is 11.3. The summed E-state index contributed by atoms with van der Waals surface area (Å²) in [4.78, 5) is 22.3. The second-order valence-corrected chi connectivity index (χ2v) is 7.81. The van der Waals surface area contributed by atoms with Gasteiger partial charge in [0.2, 0.25) is 0 Å². The minimum atomic E-state index is -0.468. The molecule has 0 atom stereocenters. The normalized spacial score (nSPS) is 10.6. The molecule has 2 rings (SSSR count). The number of benzene rings is 2. The predicted molar refractivity (Wildman–Crippen MR) is 121 cm³/mol. The van der Waals surface area contributed by atoms with Gasteiger partial charge in [0.05, 0.1) is 13.2 Å². The van der Waals surface area contributed by atoms with E-state index < -0.39 is 10.5 Å². The van der Waals surface area contributed by atoms with Crippen LogP contribution in [0.5, 0.6) is 11.5 Å². The maximum absolute atomic E-state index is 11.1. The van der Waals surface area contributed by atoms with Crippen LogP contribution < -0.4 is 9.47 Å². The molecule has 2 aromatic rings. The molecule has 0 saturated carbocycles. The van der Waals surface area contributed by atoms with Crippen molar-refractivity contribution in [2.24, 2.45) is 0 Å². The van der Waals surface area contributed by atoms with Gasteiger partial charge >= 0.3 is 0 Å². The van der Waals surface area contributed by atoms with Gasteiger partial charge in [0.1, 0.15) is 11.5 Å². The van der Waals surface area contributed by atoms with Crippen LogP contribution in [0.25, 0.3) is 0 Å². The molecule has 0 aliphatic heterocycles. The van der Waals surface area contributed by atoms with Crippen molar-refractivity contribution in [2.45, 2.75) is 51.4 Å². The fourth-order valence-electron chi connectivity index (χ4n) is 3.06. The van der Waals surface area contributed by atoms with Crippen LogP contribution in [0.1, 0.15) is 72.1 Å². The van der Waals surface area contributed by atoms with Crippen molar-refractivity contribution in [1.82, 2.24) is 0 Å². The fourth-order valence-corrected chi connectivity index (χ4v) is 3.30. The van der Waals surface area contributed by atoms with Crippen LogP contribution in [0.15, 0.2) is 48.5 Å². The molecule has 30 heavy (non-hydrogen) atoms. The Morgan fingerprint density at radius 3 is 1.33 bits per heavy atom. The molecule has 0 heterocycles. The number of carbonyl (C=O) groups excluding carboxylic acids is 2. The molecule has 0 spiro atoms. The van der Waals surface area contributed by atoms with Gasteiger partial charge in [0.25, 0.3) is 10.5 Å². The number of carbonyl (C=O) groups is 2. The summed E-state index contributed by atoms with van der Waals surface area (Å²) in [5.74, 6) is 1.37. The molecule has 6 heteroatoms. The van der Waals surface area contributed by atoms with Crippen LogP contribution in [0.4, 0.5) is 0 Å². The monoisotopic (exact) mass is 450 g/mol. The zero-order valence-electron chi connectivity index (χ0n) is 17.1. The highest BCUT2D eigenvalue weighted by atomic mass is 35.5. The van der Waals surface area contributed by atoms with Gasteiger partial charge in [-0.25, -0.2) is 0 Å². The first-order valence-corrected chi connectivity index (χ1v) is 11.2. The van der Waals surface area contributed by atoms with E-state index in [1.807, 2.05) is 12.1 Å². The second-order valence-electron chi connectivity index (χ2n) is 7.13. The molecule has 0 N–H and O–H groups in total. The molecule has 0 aliphatic carbocycles. The summed E-state index contributed by atoms with van der Waals surface area (Å²) in [7, 11) is 0. The molecule has 0 aliphatic rings. The van der Waals surface area contributed by atoms with Crippen molar-refractivity contribution < 1.29 is 19.1 Å². The molecule has 0 radical (unpaired) electrons. The molecule has 0 aromatic heterocycles. The van der Waals surface area contributed by atoms with Crippen LogP contribution in [0.3, 0.4) is 0 Å². The molecule has 4 nitrogen and oxygen atoms in total. The maximum Gasteiger partial charge on any atom is 0.252 e. The standard InChI is InChI=1S/C24H28Cl2O4/c25-23(27)19-11-9-13-21(17-19)29-15-7-5-3-1-2-4-6-8-16-30-22-14-10-12-20(18-22)24(26)28/h9-14,17-18H,1-8,15-16H2. The Morgan fingerprint density at radius 2 is 0.967 bits per heavy atom. The van der Waals surface area contributed by atoms with Crippen LogP contribution in [-0.4, -0.2) is 23.7 Å². The molecule has 0 unspecified atom stereocenters. The first-order chi connectivity index (χ1) is 14.6. The van der Waals surface area contributed by atoms with Crippen LogP contribution >= 0.6 is 23.2 Å². The third-order valence-corrected chi connectivity index (χ3v) is 5.13. The quantitative estimate of drug-likeness (QED) is 0.216. The summed E-state index contributed by atoms with van der Waals surface area (Å²) in [5, 5.41) is -0.937. The van der Waals surface area contributed by atoms with Gasteiger partial charge in [0, 0.05) is 11.1 Å². The average Bonchev–Trinajstić information content (AvgIpc) is 2.75. The molecule has 0 fully saturated rings. The third-order valence-electron chi connectivity index (χ3n) is 4.70. The van der Waals surface area contributed by atoms with E-state index in [1.165, 1.54) is 25.7 Å². The van der Waals surface area contributed by atoms with E-state index in [9.17, 15) is 9.59 Å². The van der Waals surface area contributed by atoms with Gasteiger partial charge in [-0.1, -0.05) is 50.7 Å². The molecule has 0 bridgehead atoms. The number of halogens is 2. The zero-order chi connectivity index (χ0) is 21.6. The van der Waals surface area contributed by atoms with Gasteiger partial charge in [-0.15, -0.1) is 0 Å². The van der Waals surface area contributed by atoms with E-state index in [0.717, 1.165) is 25.7 Å². The Hall–Kier alpha value is -2.04. The topological polar surface area (TPSA) is 52.6 Å². The van der Waals surface area contributed by atoms with E-state index in [1.54, 1.807) is 36.4 Å². The highest BCUT2D eigenvalue weighted by Crippen LogP contribution is 2.17. The van der Waals surface area contributed by atoms with E-state index in [2.05, 4.69) is 0 Å². The fraction of sp³-hybridized carbons (Fsp3) is 0.417. The summed E-state index contributed by atoms with van der Waals surface area (Å²) in [6.07, 6.45) is 9.08. The molecule has 162 valence electrons. The SMILES string of the molecule is O=C(Cl)c1cccc(OCCCCCCCCCCOc2cccc(C(=O)Cl)c2)c1. The number of ether oxygens (including phenoxy) is 2. The highest BCUT2D eigenvalue weighted by Gasteiger charge is 2.04. The average molecular weight is 451 g/mol. The minimum Gasteiger partial charge on any atom is -0.494 e. The van der Waals surface area contributed by atoms with Crippen molar-refractivity contribution in [3.8, 4) is 11.5 Å². The van der Waals surface area contributed by atoms with Crippen LogP contribution in [-0.2, 0) is 0 Å². The van der Waals surface area contributed by atoms with Crippen molar-refractivity contribution in [2.75, 3.05) is 13.2 Å². The number of hydrogen-bond donors (Lipinski definition) is 0. The van der Waals surface area contributed by atoms with Gasteiger partial charge < -0.3 is 9.47 Å². The van der Waals surface area contributed by atoms with Crippen LogP contribution in [0.2, 0.25) is 0 Å². The Morgan fingerprint density at radius 1 is 0.600 bits per heavy atom. The van der Waals surface area contributed by atoms with Gasteiger partial charge in [-0.3, -0.25) is 9.59 Å². The lowest BCUT2D eigenvalue weighted by atomic mass is 10.1. The number of hydrogen-bond acceptors (Lipinski definition) is 4. The van der Waals surface area contributed by atoms with E-state index in [4.69, 9.17) is 32.7 Å². The Balaban J connectivity index is 1.42. The van der Waals surface area contributed by atoms with Gasteiger partial charge in [-0.05, 0) is 72.4 Å². The highest BCUT2D eigenvalue weighted by molar-refractivity contribution is 6.68. The molecule has 2 aromatic carbocycles. The van der Waals surface area contributed by atoms with E-state index in [0.29, 0.717) is 35.8 Å². The third kappa shape index (κ3) is 9.64. The van der Waals surface area contributed by atoms with E-state index in [-0.39, 0.29) is 0 Å². The molecular formula is C24H28Cl2O4. The smallest absolute Gasteiger partial charge is 0.252 e. The van der Waals surface area contributed by atoms with Crippen LogP contribution in [0, 0.1) is 0 Å². The summed E-state index contributed by atoms with van der Waals surface area (Å²) >= 11 is 10.9. The van der Waals surface area contributed by atoms with E-state index >= 15 is 0 Å². The maximum atomic E-state index is 11.1. The van der Waals surface area contributed by atoms with Crippen molar-refractivity contribution >= 4 is 33.7 Å².